The van der Waals surface area contributed by atoms with E-state index in [1.165, 1.54) is 36.0 Å². The molecule has 4 aromatic rings. The van der Waals surface area contributed by atoms with E-state index in [0.29, 0.717) is 38.3 Å². The van der Waals surface area contributed by atoms with Gasteiger partial charge in [-0.1, -0.05) is 36.4 Å². The third kappa shape index (κ3) is 8.31. The number of nitriles is 2. The Bertz CT molecular complexity index is 1960. The predicted octanol–water partition coefficient (Wildman–Crippen LogP) is 6.18. The second-order valence-corrected chi connectivity index (χ2v) is 11.1. The van der Waals surface area contributed by atoms with E-state index in [1.54, 1.807) is 12.1 Å². The number of carbonyl (C=O) groups is 1. The number of aromatic nitrogens is 1. The third-order valence-corrected chi connectivity index (χ3v) is 7.95. The van der Waals surface area contributed by atoms with Gasteiger partial charge in [0.2, 0.25) is 0 Å². The number of alkyl halides is 3. The molecule has 49 heavy (non-hydrogen) atoms. The number of piperidine rings is 1. The maximum absolute atomic E-state index is 14.8. The van der Waals surface area contributed by atoms with Crippen LogP contribution in [-0.2, 0) is 11.3 Å². The number of benzene rings is 3. The van der Waals surface area contributed by atoms with Crippen molar-refractivity contribution in [2.24, 2.45) is 0 Å². The Balaban J connectivity index is 1.38. The average molecular weight is 673 g/mol. The fraction of sp³-hybridized carbons (Fsp3) is 0.200. The minimum absolute atomic E-state index is 0.0914. The Labute approximate surface area is 278 Å². The van der Waals surface area contributed by atoms with Gasteiger partial charge in [-0.25, -0.2) is 14.9 Å². The molecule has 1 fully saturated rings. The second kappa shape index (κ2) is 14.9. The van der Waals surface area contributed by atoms with Crippen LogP contribution < -0.4 is 20.4 Å². The lowest BCUT2D eigenvalue weighted by atomic mass is 9.91. The van der Waals surface area contributed by atoms with Crippen LogP contribution in [0.5, 0.6) is 11.5 Å². The fourth-order valence-electron chi connectivity index (χ4n) is 5.54. The predicted molar refractivity (Wildman–Crippen MR) is 170 cm³/mol. The van der Waals surface area contributed by atoms with E-state index in [0.717, 1.165) is 29.3 Å². The summed E-state index contributed by atoms with van der Waals surface area (Å²) in [4.78, 5) is 17.7. The molecule has 0 aliphatic carbocycles. The molecule has 2 heterocycles. The largest absolute Gasteiger partial charge is 0.573 e. The number of anilines is 1. The SMILES string of the molecule is N#Cc1ccc(-c2c(-c3ccc(OC(F)(F)F)c(O)c3)cnc(N3CCC(NCc4ccc(/C=C/C(=O)NO)cc4)CC3)c2C#N)cc1F. The Morgan fingerprint density at radius 1 is 1.04 bits per heavy atom. The number of nitrogens with zero attached hydrogens (tertiary/aromatic N) is 4. The summed E-state index contributed by atoms with van der Waals surface area (Å²) in [6, 6.07) is 18.7. The average Bonchev–Trinajstić information content (AvgIpc) is 3.10. The summed E-state index contributed by atoms with van der Waals surface area (Å²) in [5.41, 5.74) is 4.14. The molecule has 250 valence electrons. The monoisotopic (exact) mass is 672 g/mol. The van der Waals surface area contributed by atoms with Crippen LogP contribution in [0, 0.1) is 28.5 Å². The van der Waals surface area contributed by atoms with Gasteiger partial charge in [-0.3, -0.25) is 10.0 Å². The number of nitrogens with one attached hydrogen (secondary N) is 2. The Morgan fingerprint density at radius 3 is 2.37 bits per heavy atom. The molecule has 14 heteroatoms. The number of ether oxygens (including phenoxy) is 1. The minimum atomic E-state index is -5.03. The van der Waals surface area contributed by atoms with Crippen LogP contribution in [-0.4, -0.2) is 46.7 Å². The number of rotatable bonds is 9. The van der Waals surface area contributed by atoms with E-state index >= 15 is 0 Å². The number of hydrogen-bond donors (Lipinski definition) is 4. The zero-order chi connectivity index (χ0) is 35.1. The molecule has 1 saturated heterocycles. The molecule has 3 aromatic carbocycles. The number of hydroxylamine groups is 1. The summed E-state index contributed by atoms with van der Waals surface area (Å²) in [7, 11) is 0. The molecule has 1 aliphatic rings. The fourth-order valence-corrected chi connectivity index (χ4v) is 5.54. The molecule has 0 radical (unpaired) electrons. The van der Waals surface area contributed by atoms with Crippen molar-refractivity contribution in [2.45, 2.75) is 31.8 Å². The van der Waals surface area contributed by atoms with E-state index < -0.39 is 29.6 Å². The number of amides is 1. The van der Waals surface area contributed by atoms with Crippen molar-refractivity contribution in [3.63, 3.8) is 0 Å². The number of phenols is 1. The van der Waals surface area contributed by atoms with Gasteiger partial charge >= 0.3 is 6.36 Å². The summed E-state index contributed by atoms with van der Waals surface area (Å²) in [5, 5.41) is 42.1. The number of halogens is 4. The number of pyridine rings is 1. The van der Waals surface area contributed by atoms with Gasteiger partial charge in [-0.05, 0) is 65.4 Å². The molecule has 1 aliphatic heterocycles. The molecule has 5 rings (SSSR count). The van der Waals surface area contributed by atoms with Crippen molar-refractivity contribution in [1.29, 1.82) is 10.5 Å². The molecule has 0 spiro atoms. The van der Waals surface area contributed by atoms with E-state index in [2.05, 4.69) is 21.1 Å². The van der Waals surface area contributed by atoms with Gasteiger partial charge in [-0.15, -0.1) is 13.2 Å². The number of hydrogen-bond acceptors (Lipinski definition) is 9. The van der Waals surface area contributed by atoms with Gasteiger partial charge in [0.15, 0.2) is 11.5 Å². The van der Waals surface area contributed by atoms with Gasteiger partial charge in [0, 0.05) is 49.1 Å². The highest BCUT2D eigenvalue weighted by atomic mass is 19.4. The zero-order valence-electron chi connectivity index (χ0n) is 25.6. The Hall–Kier alpha value is -5.96. The lowest BCUT2D eigenvalue weighted by Gasteiger charge is -2.34. The Morgan fingerprint density at radius 2 is 1.76 bits per heavy atom. The van der Waals surface area contributed by atoms with Crippen LogP contribution >= 0.6 is 0 Å². The molecule has 4 N–H and O–H groups in total. The minimum Gasteiger partial charge on any atom is -0.504 e. The van der Waals surface area contributed by atoms with Crippen molar-refractivity contribution in [1.82, 2.24) is 15.8 Å². The molecular formula is C35H28F4N6O4. The molecular weight excluding hydrogens is 644 g/mol. The lowest BCUT2D eigenvalue weighted by molar-refractivity contribution is -0.275. The Kier molecular flexibility index (Phi) is 10.4. The smallest absolute Gasteiger partial charge is 0.504 e. The van der Waals surface area contributed by atoms with Crippen molar-refractivity contribution in [3.8, 4) is 45.9 Å². The van der Waals surface area contributed by atoms with E-state index in [9.17, 15) is 38.0 Å². The number of phenolic OH excluding ortho intramolecular Hbond substituents is 1. The molecule has 0 saturated carbocycles. The first-order valence-electron chi connectivity index (χ1n) is 14.9. The molecule has 0 unspecified atom stereocenters. The van der Waals surface area contributed by atoms with Crippen molar-refractivity contribution in [2.75, 3.05) is 18.0 Å². The number of carbonyl (C=O) groups excluding carboxylic acids is 1. The van der Waals surface area contributed by atoms with Gasteiger partial charge in [0.25, 0.3) is 5.91 Å². The van der Waals surface area contributed by atoms with Gasteiger partial charge in [0.1, 0.15) is 29.3 Å². The van der Waals surface area contributed by atoms with Crippen molar-refractivity contribution in [3.05, 3.63) is 101 Å². The molecule has 1 aromatic heterocycles. The standard InChI is InChI=1S/C35H28F4N6O4/c36-29-15-24(6-7-25(29)17-40)33-27(18-41)34(43-20-28(33)23-8-9-31(30(46)16-23)49-35(37,38)39)45-13-11-26(12-14-45)42-19-22-3-1-21(2-4-22)5-10-32(47)44-48/h1-10,15-16,20,26,42,46,48H,11-14,19H2,(H,44,47)/b10-5+. The highest BCUT2D eigenvalue weighted by molar-refractivity contribution is 5.91. The summed E-state index contributed by atoms with van der Waals surface area (Å²) in [6.07, 6.45) is 0.592. The van der Waals surface area contributed by atoms with Gasteiger partial charge in [-0.2, -0.15) is 10.5 Å². The summed E-state index contributed by atoms with van der Waals surface area (Å²) >= 11 is 0. The van der Waals surface area contributed by atoms with Crippen LogP contribution in [0.3, 0.4) is 0 Å². The van der Waals surface area contributed by atoms with Gasteiger partial charge < -0.3 is 20.1 Å². The zero-order valence-corrected chi connectivity index (χ0v) is 25.6. The topological polar surface area (TPSA) is 155 Å². The molecule has 0 atom stereocenters. The van der Waals surface area contributed by atoms with Crippen LogP contribution in [0.1, 0.15) is 35.1 Å². The van der Waals surface area contributed by atoms with Crippen LogP contribution in [0.25, 0.3) is 28.3 Å². The maximum Gasteiger partial charge on any atom is 0.573 e. The highest BCUT2D eigenvalue weighted by Crippen LogP contribution is 2.42. The molecule has 10 nitrogen and oxygen atoms in total. The first-order valence-corrected chi connectivity index (χ1v) is 14.9. The van der Waals surface area contributed by atoms with Gasteiger partial charge in [0.05, 0.1) is 5.56 Å². The third-order valence-electron chi connectivity index (χ3n) is 7.95. The molecule has 0 bridgehead atoms. The normalized spacial score (nSPS) is 13.6. The quantitative estimate of drug-likeness (QED) is 0.0706. The van der Waals surface area contributed by atoms with E-state index in [-0.39, 0.29) is 39.4 Å². The highest BCUT2D eigenvalue weighted by Gasteiger charge is 2.32. The van der Waals surface area contributed by atoms with E-state index in [4.69, 9.17) is 5.21 Å². The lowest BCUT2D eigenvalue weighted by Crippen LogP contribution is -2.42. The van der Waals surface area contributed by atoms with Crippen molar-refractivity contribution >= 4 is 17.8 Å². The first kappa shape index (κ1) is 34.4. The summed E-state index contributed by atoms with van der Waals surface area (Å²) in [6.45, 7) is 1.65. The first-order chi connectivity index (χ1) is 23.5. The summed E-state index contributed by atoms with van der Waals surface area (Å²) in [5.74, 6) is -2.73. The number of aromatic hydroxyl groups is 1. The second-order valence-electron chi connectivity index (χ2n) is 11.1. The maximum atomic E-state index is 14.8. The van der Waals surface area contributed by atoms with Crippen LogP contribution in [0.15, 0.2) is 72.9 Å². The summed E-state index contributed by atoms with van der Waals surface area (Å²) < 4.78 is 57.1. The molecule has 1 amide bonds. The van der Waals surface area contributed by atoms with Crippen molar-refractivity contribution < 1.29 is 37.4 Å². The van der Waals surface area contributed by atoms with Crippen LogP contribution in [0.4, 0.5) is 23.4 Å². The van der Waals surface area contributed by atoms with Crippen LogP contribution in [0.2, 0.25) is 0 Å². The van der Waals surface area contributed by atoms with E-state index in [1.807, 2.05) is 29.2 Å².